The maximum absolute atomic E-state index is 12.3. The Labute approximate surface area is 166 Å². The minimum atomic E-state index is -1.16. The number of aliphatic hydroxyl groups is 1. The Kier molecular flexibility index (Phi) is 5.39. The van der Waals surface area contributed by atoms with E-state index in [-0.39, 0.29) is 18.0 Å². The number of nitrogens with one attached hydrogen (secondary N) is 3. The number of nitrogens with two attached hydrogens (primary N) is 1. The molecule has 1 aliphatic carbocycles. The molecule has 0 saturated heterocycles. The number of carbonyl (C=O) groups excluding carboxylic acids is 1. The van der Waals surface area contributed by atoms with Gasteiger partial charge >= 0.3 is 5.95 Å². The topological polar surface area (TPSA) is 136 Å². The summed E-state index contributed by atoms with van der Waals surface area (Å²) in [5.74, 6) is 0.575. The third-order valence-corrected chi connectivity index (χ3v) is 5.50. The summed E-state index contributed by atoms with van der Waals surface area (Å²) < 4.78 is 6.26. The number of rotatable bonds is 5. The smallest absolute Gasteiger partial charge is 0.350 e. The number of nitrogen functional groups attached to an aromatic ring is 1. The molecule has 1 aromatic rings. The molecule has 2 aliphatic rings. The zero-order chi connectivity index (χ0) is 18.9. The van der Waals surface area contributed by atoms with Crippen molar-refractivity contribution in [2.24, 2.45) is 5.16 Å². The van der Waals surface area contributed by atoms with Crippen molar-refractivity contribution in [3.8, 4) is 0 Å². The third kappa shape index (κ3) is 3.51. The van der Waals surface area contributed by atoms with Gasteiger partial charge in [0.2, 0.25) is 0 Å². The number of carbonyl (C=O) groups is 1. The molecule has 1 aliphatic heterocycles. The van der Waals surface area contributed by atoms with Crippen LogP contribution in [0, 0.1) is 0 Å². The zero-order valence-corrected chi connectivity index (χ0v) is 17.0. The van der Waals surface area contributed by atoms with Crippen LogP contribution in [0.25, 0.3) is 0 Å². The first-order valence-electron chi connectivity index (χ1n) is 7.75. The average molecular weight is 492 g/mol. The Morgan fingerprint density at radius 2 is 2.42 bits per heavy atom. The lowest BCUT2D eigenvalue weighted by Crippen LogP contribution is -2.45. The fraction of sp³-hybridized carbons (Fsp3) is 0.400. The number of anilines is 1. The van der Waals surface area contributed by atoms with Crippen molar-refractivity contribution in [3.05, 3.63) is 32.7 Å². The van der Waals surface area contributed by atoms with Gasteiger partial charge in [0.25, 0.3) is 5.91 Å². The van der Waals surface area contributed by atoms with Crippen molar-refractivity contribution < 1.29 is 24.5 Å². The van der Waals surface area contributed by atoms with Gasteiger partial charge < -0.3 is 20.0 Å². The first-order valence-corrected chi connectivity index (χ1v) is 9.33. The maximum Gasteiger partial charge on any atom is 0.350 e. The summed E-state index contributed by atoms with van der Waals surface area (Å²) in [6.45, 7) is 0.401. The highest BCUT2D eigenvalue weighted by Gasteiger charge is 2.50. The quantitative estimate of drug-likeness (QED) is 0.475. The number of aliphatic hydroxyl groups excluding tert-OH is 1. The van der Waals surface area contributed by atoms with E-state index in [1.807, 2.05) is 0 Å². The molecule has 0 saturated carbocycles. The SMILES string of the molecule is COC1=C(Br)C(O)[C@]2(C=C1Br)CC(C(=O)NCCc1c[nH+]c(N)[nH]1)=NO2. The Bertz CT molecular complexity index is 819. The van der Waals surface area contributed by atoms with Gasteiger partial charge in [-0.15, -0.1) is 0 Å². The molecule has 9 nitrogen and oxygen atoms in total. The molecule has 3 rings (SSSR count). The van der Waals surface area contributed by atoms with Gasteiger partial charge in [-0.1, -0.05) is 5.16 Å². The van der Waals surface area contributed by atoms with Crippen LogP contribution < -0.4 is 16.0 Å². The van der Waals surface area contributed by atoms with Crippen LogP contribution in [0.2, 0.25) is 0 Å². The minimum Gasteiger partial charge on any atom is -0.495 e. The molecule has 2 heterocycles. The number of ether oxygens (including phenoxy) is 1. The lowest BCUT2D eigenvalue weighted by atomic mass is 9.87. The van der Waals surface area contributed by atoms with Crippen LogP contribution in [-0.2, 0) is 20.8 Å². The molecule has 140 valence electrons. The minimum absolute atomic E-state index is 0.129. The molecule has 1 aromatic heterocycles. The molecule has 11 heteroatoms. The molecule has 0 fully saturated rings. The molecule has 6 N–H and O–H groups in total. The van der Waals surface area contributed by atoms with E-state index in [2.05, 4.69) is 52.3 Å². The highest BCUT2D eigenvalue weighted by Crippen LogP contribution is 2.43. The van der Waals surface area contributed by atoms with E-state index in [0.717, 1.165) is 5.69 Å². The number of H-pyrrole nitrogens is 2. The van der Waals surface area contributed by atoms with Gasteiger partial charge in [0, 0.05) is 19.4 Å². The highest BCUT2D eigenvalue weighted by molar-refractivity contribution is 9.12. The van der Waals surface area contributed by atoms with Gasteiger partial charge in [0.05, 0.1) is 22.3 Å². The number of halogens is 2. The second-order valence-electron chi connectivity index (χ2n) is 5.90. The first-order chi connectivity index (χ1) is 12.4. The van der Waals surface area contributed by atoms with Crippen LogP contribution in [0.15, 0.2) is 32.2 Å². The molecule has 2 atom stereocenters. The number of aromatic nitrogens is 2. The predicted octanol–water partition coefficient (Wildman–Crippen LogP) is 0.491. The molecule has 26 heavy (non-hydrogen) atoms. The van der Waals surface area contributed by atoms with Crippen molar-refractivity contribution >= 4 is 49.4 Å². The molecular formula is C15H18Br2N5O4+. The Morgan fingerprint density at radius 3 is 3.08 bits per heavy atom. The fourth-order valence-corrected chi connectivity index (χ4v) is 4.57. The van der Waals surface area contributed by atoms with Crippen LogP contribution >= 0.6 is 31.9 Å². The Hall–Kier alpha value is -1.85. The number of amides is 1. The fourth-order valence-electron chi connectivity index (χ4n) is 2.78. The van der Waals surface area contributed by atoms with E-state index in [4.69, 9.17) is 15.3 Å². The van der Waals surface area contributed by atoms with Crippen LogP contribution in [0.3, 0.4) is 0 Å². The van der Waals surface area contributed by atoms with E-state index in [1.165, 1.54) is 7.11 Å². The summed E-state index contributed by atoms with van der Waals surface area (Å²) in [5, 5.41) is 17.2. The third-order valence-electron chi connectivity index (χ3n) is 4.12. The second-order valence-corrected chi connectivity index (χ2v) is 7.60. The lowest BCUT2D eigenvalue weighted by Gasteiger charge is -2.33. The van der Waals surface area contributed by atoms with E-state index in [0.29, 0.717) is 33.6 Å². The summed E-state index contributed by atoms with van der Waals surface area (Å²) in [5.41, 5.74) is 5.49. The highest BCUT2D eigenvalue weighted by atomic mass is 79.9. The average Bonchev–Trinajstić information content (AvgIpc) is 3.21. The van der Waals surface area contributed by atoms with Crippen molar-refractivity contribution in [1.29, 1.82) is 0 Å². The number of oxime groups is 1. The monoisotopic (exact) mass is 490 g/mol. The van der Waals surface area contributed by atoms with Crippen molar-refractivity contribution in [3.63, 3.8) is 0 Å². The molecule has 1 spiro atoms. The van der Waals surface area contributed by atoms with Crippen LogP contribution in [0.4, 0.5) is 5.95 Å². The summed E-state index contributed by atoms with van der Waals surface area (Å²) in [4.78, 5) is 23.6. The van der Waals surface area contributed by atoms with E-state index >= 15 is 0 Å². The number of imidazole rings is 1. The molecule has 0 bridgehead atoms. The van der Waals surface area contributed by atoms with E-state index < -0.39 is 11.7 Å². The molecule has 1 unspecified atom stereocenters. The van der Waals surface area contributed by atoms with E-state index in [9.17, 15) is 9.90 Å². The standard InChI is InChI=1S/C15H17Br2N5O4/c1-25-11-8(16)4-15(12(23)10(11)17)5-9(22-26-15)13(24)19-3-2-7-6-20-14(18)21-7/h4,6,12,23H,2-3,5H2,1H3,(H,19,24)(H3,18,20,21)/p+1/t12?,15-/m0/s1. The number of aromatic amines is 2. The van der Waals surface area contributed by atoms with Crippen LogP contribution in [0.5, 0.6) is 0 Å². The van der Waals surface area contributed by atoms with Crippen molar-refractivity contribution in [2.75, 3.05) is 19.4 Å². The summed E-state index contributed by atoms with van der Waals surface area (Å²) in [7, 11) is 1.50. The van der Waals surface area contributed by atoms with Crippen molar-refractivity contribution in [2.45, 2.75) is 24.5 Å². The predicted molar refractivity (Wildman–Crippen MR) is 100 cm³/mol. The van der Waals surface area contributed by atoms with Gasteiger partial charge in [-0.3, -0.25) is 10.5 Å². The van der Waals surface area contributed by atoms with Crippen LogP contribution in [0.1, 0.15) is 12.1 Å². The summed E-state index contributed by atoms with van der Waals surface area (Å²) in [6, 6.07) is 0. The lowest BCUT2D eigenvalue weighted by molar-refractivity contribution is -0.358. The van der Waals surface area contributed by atoms with Gasteiger partial charge in [-0.05, 0) is 37.9 Å². The largest absolute Gasteiger partial charge is 0.495 e. The number of allylic oxidation sites excluding steroid dienone is 1. The maximum atomic E-state index is 12.3. The molecular weight excluding hydrogens is 474 g/mol. The molecule has 1 amide bonds. The Morgan fingerprint density at radius 1 is 1.65 bits per heavy atom. The summed E-state index contributed by atoms with van der Waals surface area (Å²) in [6.07, 6.45) is 3.06. The first kappa shape index (κ1) is 18.9. The van der Waals surface area contributed by atoms with Crippen LogP contribution in [-0.4, -0.2) is 47.1 Å². The number of nitrogens with zero attached hydrogens (tertiary/aromatic N) is 1. The van der Waals surface area contributed by atoms with Gasteiger partial charge in [0.1, 0.15) is 23.3 Å². The number of methoxy groups -OCH3 is 1. The normalized spacial score (nSPS) is 25.0. The van der Waals surface area contributed by atoms with Crippen molar-refractivity contribution in [1.82, 2.24) is 10.3 Å². The van der Waals surface area contributed by atoms with Gasteiger partial charge in [-0.25, -0.2) is 9.97 Å². The van der Waals surface area contributed by atoms with Gasteiger partial charge in [0.15, 0.2) is 5.60 Å². The Balaban J connectivity index is 1.61. The number of hydrogen-bond donors (Lipinski definition) is 4. The van der Waals surface area contributed by atoms with E-state index in [1.54, 1.807) is 12.3 Å². The molecule has 0 radical (unpaired) electrons. The zero-order valence-electron chi connectivity index (χ0n) is 13.8. The summed E-state index contributed by atoms with van der Waals surface area (Å²) >= 11 is 6.70. The number of hydrogen-bond acceptors (Lipinski definition) is 6. The second kappa shape index (κ2) is 7.41. The molecule has 0 aromatic carbocycles. The van der Waals surface area contributed by atoms with Gasteiger partial charge in [-0.2, -0.15) is 0 Å².